The number of carbonyl (C=O) groups is 1. The van der Waals surface area contributed by atoms with Gasteiger partial charge in [0.15, 0.2) is 5.13 Å². The van der Waals surface area contributed by atoms with E-state index in [0.29, 0.717) is 45.1 Å². The highest BCUT2D eigenvalue weighted by Crippen LogP contribution is 2.39. The van der Waals surface area contributed by atoms with Gasteiger partial charge in [-0.25, -0.2) is 4.98 Å². The van der Waals surface area contributed by atoms with Crippen molar-refractivity contribution in [1.29, 1.82) is 0 Å². The fourth-order valence-corrected chi connectivity index (χ4v) is 4.08. The monoisotopic (exact) mass is 423 g/mol. The zero-order chi connectivity index (χ0) is 19.6. The molecule has 0 aliphatic rings. The van der Waals surface area contributed by atoms with Crippen LogP contribution in [-0.2, 0) is 0 Å². The van der Waals surface area contributed by atoms with Gasteiger partial charge in [0, 0.05) is 13.1 Å². The summed E-state index contributed by atoms with van der Waals surface area (Å²) in [6.45, 7) is 1.15. The van der Waals surface area contributed by atoms with Crippen LogP contribution in [0, 0.1) is 0 Å². The van der Waals surface area contributed by atoms with E-state index in [1.54, 1.807) is 48.4 Å². The largest absolute Gasteiger partial charge is 0.494 e. The molecule has 0 aliphatic carbocycles. The van der Waals surface area contributed by atoms with Crippen LogP contribution >= 0.6 is 34.5 Å². The van der Waals surface area contributed by atoms with E-state index in [1.165, 1.54) is 11.3 Å². The molecule has 0 aliphatic heterocycles. The second-order valence-electron chi connectivity index (χ2n) is 6.16. The number of hydrogen-bond donors (Lipinski definition) is 0. The summed E-state index contributed by atoms with van der Waals surface area (Å²) in [5, 5.41) is 1.55. The lowest BCUT2D eigenvalue weighted by Gasteiger charge is -2.22. The summed E-state index contributed by atoms with van der Waals surface area (Å²) in [4.78, 5) is 21.5. The van der Waals surface area contributed by atoms with Crippen LogP contribution in [0.5, 0.6) is 5.75 Å². The van der Waals surface area contributed by atoms with E-state index in [4.69, 9.17) is 27.9 Å². The van der Waals surface area contributed by atoms with Gasteiger partial charge in [-0.15, -0.1) is 0 Å². The minimum atomic E-state index is -0.198. The van der Waals surface area contributed by atoms with Crippen molar-refractivity contribution in [3.8, 4) is 5.75 Å². The predicted octanol–water partition coefficient (Wildman–Crippen LogP) is 4.82. The Kier molecular flexibility index (Phi) is 6.22. The first kappa shape index (κ1) is 19.9. The smallest absolute Gasteiger partial charge is 0.261 e. The van der Waals surface area contributed by atoms with Gasteiger partial charge in [-0.3, -0.25) is 9.69 Å². The van der Waals surface area contributed by atoms with Crippen LogP contribution in [0.2, 0.25) is 10.0 Å². The molecule has 0 saturated heterocycles. The third-order valence-corrected chi connectivity index (χ3v) is 5.89. The van der Waals surface area contributed by atoms with E-state index in [0.717, 1.165) is 4.70 Å². The lowest BCUT2D eigenvalue weighted by Crippen LogP contribution is -2.36. The number of fused-ring (bicyclic) bond motifs is 1. The molecule has 0 unspecified atom stereocenters. The molecule has 3 rings (SSSR count). The molecule has 1 heterocycles. The second-order valence-corrected chi connectivity index (χ2v) is 7.96. The number of hydrogen-bond acceptors (Lipinski definition) is 5. The number of rotatable bonds is 6. The molecule has 8 heteroatoms. The van der Waals surface area contributed by atoms with Crippen molar-refractivity contribution < 1.29 is 9.53 Å². The first-order chi connectivity index (χ1) is 12.9. The summed E-state index contributed by atoms with van der Waals surface area (Å²) >= 11 is 13.9. The summed E-state index contributed by atoms with van der Waals surface area (Å²) < 4.78 is 6.18. The number of methoxy groups -OCH3 is 1. The number of carbonyl (C=O) groups excluding carboxylic acids is 1. The van der Waals surface area contributed by atoms with Crippen molar-refractivity contribution >= 4 is 55.8 Å². The molecule has 2 aromatic carbocycles. The van der Waals surface area contributed by atoms with Crippen LogP contribution in [0.25, 0.3) is 10.2 Å². The van der Waals surface area contributed by atoms with Crippen LogP contribution in [0.15, 0.2) is 36.4 Å². The fourth-order valence-electron chi connectivity index (χ4n) is 2.59. The van der Waals surface area contributed by atoms with Gasteiger partial charge >= 0.3 is 0 Å². The first-order valence-corrected chi connectivity index (χ1v) is 9.83. The number of ether oxygens (including phenoxy) is 1. The van der Waals surface area contributed by atoms with Gasteiger partial charge < -0.3 is 9.64 Å². The van der Waals surface area contributed by atoms with Crippen LogP contribution in [0.3, 0.4) is 0 Å². The number of likely N-dealkylation sites (N-methyl/N-ethyl adjacent to an activating group) is 1. The molecule has 1 amide bonds. The Bertz CT molecular complexity index is 975. The molecule has 5 nitrogen and oxygen atoms in total. The molecule has 0 saturated carbocycles. The Balaban J connectivity index is 2.08. The Morgan fingerprint density at radius 3 is 2.52 bits per heavy atom. The maximum absolute atomic E-state index is 13.2. The Morgan fingerprint density at radius 2 is 1.85 bits per heavy atom. The second kappa shape index (κ2) is 8.44. The van der Waals surface area contributed by atoms with Crippen LogP contribution < -0.4 is 9.64 Å². The quantitative estimate of drug-likeness (QED) is 0.569. The topological polar surface area (TPSA) is 45.7 Å². The average Bonchev–Trinajstić information content (AvgIpc) is 3.08. The number of thiazole rings is 1. The van der Waals surface area contributed by atoms with Gasteiger partial charge in [-0.1, -0.05) is 46.7 Å². The van der Waals surface area contributed by atoms with E-state index in [1.807, 2.05) is 19.0 Å². The number of anilines is 1. The summed E-state index contributed by atoms with van der Waals surface area (Å²) in [6, 6.07) is 10.6. The molecule has 27 heavy (non-hydrogen) atoms. The predicted molar refractivity (Wildman–Crippen MR) is 113 cm³/mol. The first-order valence-electron chi connectivity index (χ1n) is 8.26. The molecule has 1 aromatic heterocycles. The van der Waals surface area contributed by atoms with E-state index in [9.17, 15) is 4.79 Å². The summed E-state index contributed by atoms with van der Waals surface area (Å²) in [5.74, 6) is 0.422. The zero-order valence-electron chi connectivity index (χ0n) is 15.2. The van der Waals surface area contributed by atoms with Crippen molar-refractivity contribution in [2.75, 3.05) is 39.2 Å². The number of nitrogens with zero attached hydrogens (tertiary/aromatic N) is 3. The van der Waals surface area contributed by atoms with Crippen LogP contribution in [0.1, 0.15) is 10.4 Å². The highest BCUT2D eigenvalue weighted by atomic mass is 35.5. The van der Waals surface area contributed by atoms with Crippen LogP contribution in [0.4, 0.5) is 5.13 Å². The Labute approximate surface area is 172 Å². The Morgan fingerprint density at radius 1 is 1.11 bits per heavy atom. The minimum absolute atomic E-state index is 0.198. The van der Waals surface area contributed by atoms with Gasteiger partial charge in [0.2, 0.25) is 0 Å². The highest BCUT2D eigenvalue weighted by molar-refractivity contribution is 7.23. The van der Waals surface area contributed by atoms with Gasteiger partial charge in [-0.05, 0) is 38.4 Å². The summed E-state index contributed by atoms with van der Waals surface area (Å²) in [5.41, 5.74) is 1.09. The third kappa shape index (κ3) is 4.19. The lowest BCUT2D eigenvalue weighted by atomic mass is 10.2. The maximum atomic E-state index is 13.2. The number of benzene rings is 2. The zero-order valence-corrected chi connectivity index (χ0v) is 17.5. The molecule has 142 valence electrons. The van der Waals surface area contributed by atoms with Crippen molar-refractivity contribution in [2.45, 2.75) is 0 Å². The SMILES string of the molecule is COc1ccc(Cl)c2sc(N(CCN(C)C)C(=O)c3ccccc3Cl)nc12. The standard InChI is InChI=1S/C19H19Cl2N3O2S/c1-23(2)10-11-24(18(25)12-6-4-5-7-13(12)20)19-22-16-15(26-3)9-8-14(21)17(16)27-19/h4-9H,10-11H2,1-3H3. The number of halogens is 2. The number of aromatic nitrogens is 1. The van der Waals surface area contributed by atoms with Crippen molar-refractivity contribution in [3.63, 3.8) is 0 Å². The molecule has 0 N–H and O–H groups in total. The van der Waals surface area contributed by atoms with Gasteiger partial charge in [0.25, 0.3) is 5.91 Å². The molecular weight excluding hydrogens is 405 g/mol. The molecule has 0 bridgehead atoms. The molecular formula is C19H19Cl2N3O2S. The van der Waals surface area contributed by atoms with Gasteiger partial charge in [0.1, 0.15) is 11.3 Å². The third-order valence-electron chi connectivity index (χ3n) is 4.02. The molecule has 0 spiro atoms. The Hall–Kier alpha value is -1.86. The van der Waals surface area contributed by atoms with Gasteiger partial charge in [-0.2, -0.15) is 0 Å². The number of amides is 1. The van der Waals surface area contributed by atoms with E-state index in [2.05, 4.69) is 4.98 Å². The van der Waals surface area contributed by atoms with E-state index in [-0.39, 0.29) is 5.91 Å². The maximum Gasteiger partial charge on any atom is 0.261 e. The van der Waals surface area contributed by atoms with Crippen molar-refractivity contribution in [2.24, 2.45) is 0 Å². The minimum Gasteiger partial charge on any atom is -0.494 e. The van der Waals surface area contributed by atoms with Crippen molar-refractivity contribution in [3.05, 3.63) is 52.0 Å². The molecule has 3 aromatic rings. The fraction of sp³-hybridized carbons (Fsp3) is 0.263. The van der Waals surface area contributed by atoms with E-state index < -0.39 is 0 Å². The van der Waals surface area contributed by atoms with E-state index >= 15 is 0 Å². The molecule has 0 radical (unpaired) electrons. The van der Waals surface area contributed by atoms with Gasteiger partial charge in [0.05, 0.1) is 27.4 Å². The lowest BCUT2D eigenvalue weighted by molar-refractivity contribution is 0.0985. The average molecular weight is 424 g/mol. The van der Waals surface area contributed by atoms with Crippen molar-refractivity contribution in [1.82, 2.24) is 9.88 Å². The molecule has 0 fully saturated rings. The summed E-state index contributed by atoms with van der Waals surface area (Å²) in [6.07, 6.45) is 0. The highest BCUT2D eigenvalue weighted by Gasteiger charge is 2.24. The normalized spacial score (nSPS) is 11.2. The molecule has 0 atom stereocenters. The summed E-state index contributed by atoms with van der Waals surface area (Å²) in [7, 11) is 5.49. The van der Waals surface area contributed by atoms with Crippen LogP contribution in [-0.4, -0.2) is 50.1 Å².